The largest absolute Gasteiger partial charge is 0.372 e. The number of hydrogen-bond acceptors (Lipinski definition) is 6. The smallest absolute Gasteiger partial charge is 0.241 e. The molecule has 1 N–H and O–H groups in total. The molecule has 0 saturated carbocycles. The first-order chi connectivity index (χ1) is 17.5. The lowest BCUT2D eigenvalue weighted by Gasteiger charge is -2.31. The molecule has 8 heteroatoms. The summed E-state index contributed by atoms with van der Waals surface area (Å²) in [6.45, 7) is 6.59. The first kappa shape index (κ1) is 24.8. The summed E-state index contributed by atoms with van der Waals surface area (Å²) in [6, 6.07) is 16.1. The van der Waals surface area contributed by atoms with Crippen LogP contribution in [0.1, 0.15) is 56.5 Å². The third kappa shape index (κ3) is 6.08. The van der Waals surface area contributed by atoms with Gasteiger partial charge < -0.3 is 14.7 Å². The minimum absolute atomic E-state index is 0.00406. The summed E-state index contributed by atoms with van der Waals surface area (Å²) in [4.78, 5) is 22.2. The summed E-state index contributed by atoms with van der Waals surface area (Å²) in [6.07, 6.45) is 5.52. The van der Waals surface area contributed by atoms with Crippen molar-refractivity contribution in [2.75, 3.05) is 31.1 Å². The van der Waals surface area contributed by atoms with Crippen LogP contribution in [0, 0.1) is 5.92 Å². The number of anilines is 1. The Hall–Kier alpha value is -2.90. The second-order valence-corrected chi connectivity index (χ2v) is 10.4. The Labute approximate surface area is 217 Å². The Kier molecular flexibility index (Phi) is 7.87. The fourth-order valence-corrected chi connectivity index (χ4v) is 5.25. The summed E-state index contributed by atoms with van der Waals surface area (Å²) in [5.74, 6) is 1.33. The lowest BCUT2D eigenvalue weighted by atomic mass is 9.95. The lowest BCUT2D eigenvalue weighted by molar-refractivity contribution is -0.127. The first-order valence-electron chi connectivity index (χ1n) is 13.0. The third-order valence-corrected chi connectivity index (χ3v) is 7.61. The summed E-state index contributed by atoms with van der Waals surface area (Å²) in [5, 5.41) is 8.00. The van der Waals surface area contributed by atoms with E-state index in [1.807, 2.05) is 24.3 Å². The molecule has 1 unspecified atom stereocenters. The lowest BCUT2D eigenvalue weighted by Crippen LogP contribution is -2.41. The minimum atomic E-state index is -0.00406. The number of nitrogens with zero attached hydrogens (tertiary/aromatic N) is 4. The zero-order valence-corrected chi connectivity index (χ0v) is 21.6. The molecule has 36 heavy (non-hydrogen) atoms. The fraction of sp³-hybridized carbons (Fsp3) is 0.464. The maximum Gasteiger partial charge on any atom is 0.241 e. The summed E-state index contributed by atoms with van der Waals surface area (Å²) in [7, 11) is 0. The van der Waals surface area contributed by atoms with Gasteiger partial charge in [-0.3, -0.25) is 9.69 Å². The topological polar surface area (TPSA) is 74.5 Å². The Morgan fingerprint density at radius 3 is 2.42 bits per heavy atom. The third-order valence-electron chi connectivity index (χ3n) is 7.36. The molecule has 0 aliphatic carbocycles. The number of likely N-dealkylation sites (tertiary alicyclic amines) is 1. The number of aromatic nitrogens is 2. The van der Waals surface area contributed by atoms with Crippen molar-refractivity contribution >= 4 is 23.2 Å². The summed E-state index contributed by atoms with van der Waals surface area (Å²) in [5.41, 5.74) is 3.31. The molecular formula is C28H34ClN5O2. The van der Waals surface area contributed by atoms with Crippen molar-refractivity contribution in [2.24, 2.45) is 5.92 Å². The van der Waals surface area contributed by atoms with Gasteiger partial charge in [0.1, 0.15) is 0 Å². The molecular weight excluding hydrogens is 474 g/mol. The van der Waals surface area contributed by atoms with Gasteiger partial charge in [0, 0.05) is 35.3 Å². The first-order valence-corrected chi connectivity index (χ1v) is 13.4. The monoisotopic (exact) mass is 507 g/mol. The van der Waals surface area contributed by atoms with Crippen molar-refractivity contribution < 1.29 is 9.32 Å². The average molecular weight is 508 g/mol. The highest BCUT2D eigenvalue weighted by molar-refractivity contribution is 6.30. The zero-order chi connectivity index (χ0) is 24.9. The van der Waals surface area contributed by atoms with Crippen molar-refractivity contribution in [1.29, 1.82) is 0 Å². The minimum Gasteiger partial charge on any atom is -0.372 e. The Bertz CT molecular complexity index is 1130. The molecule has 7 nitrogen and oxygen atoms in total. The molecule has 0 radical (unpaired) electrons. The number of amides is 1. The van der Waals surface area contributed by atoms with E-state index < -0.39 is 0 Å². The van der Waals surface area contributed by atoms with Crippen LogP contribution in [0.2, 0.25) is 5.02 Å². The SMILES string of the molecule is CC(NC(=O)C1CCN(Cc2nc(-c3ccc(Cl)cc3)no2)CC1)c1ccc(N2CCCCC2)cc1. The van der Waals surface area contributed by atoms with Crippen LogP contribution in [0.4, 0.5) is 5.69 Å². The predicted molar refractivity (Wildman–Crippen MR) is 142 cm³/mol. The molecule has 190 valence electrons. The molecule has 2 aliphatic rings. The van der Waals surface area contributed by atoms with Gasteiger partial charge in [-0.2, -0.15) is 4.98 Å². The van der Waals surface area contributed by atoms with E-state index in [0.29, 0.717) is 23.3 Å². The van der Waals surface area contributed by atoms with E-state index >= 15 is 0 Å². The number of carbonyl (C=O) groups is 1. The maximum atomic E-state index is 13.0. The standard InChI is InChI=1S/C28H34ClN5O2/c1-20(21-7-11-25(12-8-21)34-15-3-2-4-16-34)30-28(35)23-13-17-33(18-14-23)19-26-31-27(32-36-26)22-5-9-24(29)10-6-22/h5-12,20,23H,2-4,13-19H2,1H3,(H,30,35). The van der Waals surface area contributed by atoms with Gasteiger partial charge in [0.05, 0.1) is 12.6 Å². The highest BCUT2D eigenvalue weighted by atomic mass is 35.5. The Morgan fingerprint density at radius 1 is 1.03 bits per heavy atom. The molecule has 2 fully saturated rings. The highest BCUT2D eigenvalue weighted by Gasteiger charge is 2.27. The molecule has 2 saturated heterocycles. The van der Waals surface area contributed by atoms with Crippen molar-refractivity contribution in [3.8, 4) is 11.4 Å². The number of carbonyl (C=O) groups excluding carboxylic acids is 1. The number of piperidine rings is 2. The molecule has 3 aromatic rings. The van der Waals surface area contributed by atoms with Gasteiger partial charge >= 0.3 is 0 Å². The van der Waals surface area contributed by atoms with E-state index in [0.717, 1.165) is 50.1 Å². The number of halogens is 1. The second-order valence-electron chi connectivity index (χ2n) is 9.94. The van der Waals surface area contributed by atoms with Crippen molar-refractivity contribution in [3.63, 3.8) is 0 Å². The van der Waals surface area contributed by atoms with E-state index in [-0.39, 0.29) is 17.9 Å². The molecule has 2 aromatic carbocycles. The van der Waals surface area contributed by atoms with E-state index in [1.54, 1.807) is 0 Å². The number of nitrogens with one attached hydrogen (secondary N) is 1. The van der Waals surface area contributed by atoms with Gasteiger partial charge in [-0.05, 0) is 94.1 Å². The molecule has 0 spiro atoms. The normalized spacial score (nSPS) is 18.2. The van der Waals surface area contributed by atoms with Gasteiger partial charge in [-0.25, -0.2) is 0 Å². The number of hydrogen-bond donors (Lipinski definition) is 1. The van der Waals surface area contributed by atoms with Crippen LogP contribution < -0.4 is 10.2 Å². The molecule has 1 amide bonds. The van der Waals surface area contributed by atoms with Crippen LogP contribution >= 0.6 is 11.6 Å². The highest BCUT2D eigenvalue weighted by Crippen LogP contribution is 2.25. The average Bonchev–Trinajstić information content (AvgIpc) is 3.38. The molecule has 1 aromatic heterocycles. The van der Waals surface area contributed by atoms with Crippen LogP contribution in [0.15, 0.2) is 53.1 Å². The van der Waals surface area contributed by atoms with Crippen LogP contribution in [-0.2, 0) is 11.3 Å². The fourth-order valence-electron chi connectivity index (χ4n) is 5.12. The Balaban J connectivity index is 1.08. The van der Waals surface area contributed by atoms with Gasteiger partial charge in [-0.1, -0.05) is 28.9 Å². The van der Waals surface area contributed by atoms with E-state index in [4.69, 9.17) is 16.1 Å². The van der Waals surface area contributed by atoms with Crippen molar-refractivity contribution in [3.05, 3.63) is 65.0 Å². The van der Waals surface area contributed by atoms with E-state index in [1.165, 1.54) is 24.9 Å². The Morgan fingerprint density at radius 2 is 1.72 bits per heavy atom. The van der Waals surface area contributed by atoms with E-state index in [9.17, 15) is 4.79 Å². The van der Waals surface area contributed by atoms with Crippen molar-refractivity contribution in [2.45, 2.75) is 51.6 Å². The van der Waals surface area contributed by atoms with Gasteiger partial charge in [0.2, 0.25) is 17.6 Å². The molecule has 0 bridgehead atoms. The zero-order valence-electron chi connectivity index (χ0n) is 20.8. The van der Waals surface area contributed by atoms with Gasteiger partial charge in [0.15, 0.2) is 0 Å². The van der Waals surface area contributed by atoms with Crippen molar-refractivity contribution in [1.82, 2.24) is 20.4 Å². The van der Waals surface area contributed by atoms with Crippen LogP contribution in [0.25, 0.3) is 11.4 Å². The molecule has 2 aliphatic heterocycles. The van der Waals surface area contributed by atoms with Crippen LogP contribution in [-0.4, -0.2) is 47.1 Å². The quantitative estimate of drug-likeness (QED) is 0.457. The van der Waals surface area contributed by atoms with Crippen LogP contribution in [0.3, 0.4) is 0 Å². The van der Waals surface area contributed by atoms with Crippen LogP contribution in [0.5, 0.6) is 0 Å². The number of rotatable bonds is 7. The molecule has 1 atom stereocenters. The molecule has 3 heterocycles. The summed E-state index contributed by atoms with van der Waals surface area (Å²) < 4.78 is 5.46. The predicted octanol–water partition coefficient (Wildman–Crippen LogP) is 5.47. The number of benzene rings is 2. The van der Waals surface area contributed by atoms with Gasteiger partial charge in [-0.15, -0.1) is 0 Å². The second kappa shape index (κ2) is 11.4. The van der Waals surface area contributed by atoms with E-state index in [2.05, 4.69) is 56.4 Å². The summed E-state index contributed by atoms with van der Waals surface area (Å²) >= 11 is 5.96. The maximum absolute atomic E-state index is 13.0. The molecule has 5 rings (SSSR count). The van der Waals surface area contributed by atoms with Gasteiger partial charge in [0.25, 0.3) is 0 Å².